The number of oxazole rings is 1. The average molecular weight is 350 g/mol. The Hall–Kier alpha value is -2.28. The Labute approximate surface area is 127 Å². The Bertz CT molecular complexity index is 847. The van der Waals surface area contributed by atoms with Gasteiger partial charge in [-0.05, 0) is 34.1 Å². The van der Waals surface area contributed by atoms with Gasteiger partial charge in [0.25, 0.3) is 0 Å². The molecule has 0 bridgehead atoms. The summed E-state index contributed by atoms with van der Waals surface area (Å²) >= 11 is 3.27. The molecule has 2 heterocycles. The minimum absolute atomic E-state index is 0.0748. The van der Waals surface area contributed by atoms with E-state index in [9.17, 15) is 9.18 Å². The average Bonchev–Trinajstić information content (AvgIpc) is 2.81. The summed E-state index contributed by atoms with van der Waals surface area (Å²) in [5.74, 6) is -0.571. The third-order valence-electron chi connectivity index (χ3n) is 2.76. The highest BCUT2D eigenvalue weighted by Gasteiger charge is 2.13. The predicted molar refractivity (Wildman–Crippen MR) is 79.2 cm³/mol. The summed E-state index contributed by atoms with van der Waals surface area (Å²) in [6.45, 7) is 1.31. The standard InChI is InChI=1S/C14H9BrFN3O2/c1-7(20)18-10-6-11-12(5-9(10)16)21-14(19-11)8-2-3-17-13(15)4-8/h2-6H,1H3,(H,18,20). The van der Waals surface area contributed by atoms with Crippen LogP contribution in [0.25, 0.3) is 22.6 Å². The van der Waals surface area contributed by atoms with Crippen LogP contribution in [0, 0.1) is 5.82 Å². The summed E-state index contributed by atoms with van der Waals surface area (Å²) in [6.07, 6.45) is 1.61. The first-order valence-electron chi connectivity index (χ1n) is 6.02. The number of aromatic nitrogens is 2. The topological polar surface area (TPSA) is 68.0 Å². The third kappa shape index (κ3) is 2.78. The molecule has 1 N–H and O–H groups in total. The summed E-state index contributed by atoms with van der Waals surface area (Å²) < 4.78 is 20.0. The maximum Gasteiger partial charge on any atom is 0.227 e. The van der Waals surface area contributed by atoms with Gasteiger partial charge in [-0.25, -0.2) is 14.4 Å². The van der Waals surface area contributed by atoms with E-state index >= 15 is 0 Å². The largest absolute Gasteiger partial charge is 0.436 e. The molecule has 0 aliphatic carbocycles. The summed E-state index contributed by atoms with van der Waals surface area (Å²) in [6, 6.07) is 6.12. The van der Waals surface area contributed by atoms with Gasteiger partial charge < -0.3 is 9.73 Å². The quantitative estimate of drug-likeness (QED) is 0.715. The van der Waals surface area contributed by atoms with Crippen LogP contribution in [0.3, 0.4) is 0 Å². The Kier molecular flexibility index (Phi) is 3.42. The highest BCUT2D eigenvalue weighted by atomic mass is 79.9. The molecule has 0 spiro atoms. The third-order valence-corrected chi connectivity index (χ3v) is 3.20. The van der Waals surface area contributed by atoms with Gasteiger partial charge in [-0.1, -0.05) is 0 Å². The van der Waals surface area contributed by atoms with Gasteiger partial charge in [-0.2, -0.15) is 0 Å². The molecule has 2 aromatic heterocycles. The van der Waals surface area contributed by atoms with Crippen LogP contribution in [0.4, 0.5) is 10.1 Å². The maximum absolute atomic E-state index is 13.8. The van der Waals surface area contributed by atoms with Crippen molar-refractivity contribution in [3.63, 3.8) is 0 Å². The molecule has 3 aromatic rings. The van der Waals surface area contributed by atoms with E-state index in [1.807, 2.05) is 0 Å². The van der Waals surface area contributed by atoms with Gasteiger partial charge in [0.1, 0.15) is 10.1 Å². The van der Waals surface area contributed by atoms with E-state index < -0.39 is 5.82 Å². The fourth-order valence-corrected chi connectivity index (χ4v) is 2.26. The number of anilines is 1. The van der Waals surface area contributed by atoms with Gasteiger partial charge in [0.15, 0.2) is 11.4 Å². The number of benzene rings is 1. The lowest BCUT2D eigenvalue weighted by Gasteiger charge is -2.02. The molecule has 0 unspecified atom stereocenters. The zero-order valence-corrected chi connectivity index (χ0v) is 12.4. The molecule has 1 aromatic carbocycles. The first-order chi connectivity index (χ1) is 10.0. The van der Waals surface area contributed by atoms with Crippen molar-refractivity contribution in [1.29, 1.82) is 0 Å². The van der Waals surface area contributed by atoms with E-state index in [0.29, 0.717) is 21.6 Å². The number of amides is 1. The molecular formula is C14H9BrFN3O2. The molecule has 7 heteroatoms. The van der Waals surface area contributed by atoms with Crippen LogP contribution in [-0.4, -0.2) is 15.9 Å². The Morgan fingerprint density at radius 1 is 1.38 bits per heavy atom. The number of carbonyl (C=O) groups is 1. The second-order valence-electron chi connectivity index (χ2n) is 4.37. The molecule has 21 heavy (non-hydrogen) atoms. The number of nitrogens with one attached hydrogen (secondary N) is 1. The maximum atomic E-state index is 13.8. The molecule has 1 amide bonds. The number of pyridine rings is 1. The number of fused-ring (bicyclic) bond motifs is 1. The second kappa shape index (κ2) is 5.25. The van der Waals surface area contributed by atoms with Crippen molar-refractivity contribution in [1.82, 2.24) is 9.97 Å². The minimum atomic E-state index is -0.573. The van der Waals surface area contributed by atoms with Crippen molar-refractivity contribution in [3.05, 3.63) is 40.9 Å². The van der Waals surface area contributed by atoms with Crippen molar-refractivity contribution in [2.75, 3.05) is 5.32 Å². The van der Waals surface area contributed by atoms with Crippen molar-refractivity contribution in [3.8, 4) is 11.5 Å². The molecule has 0 saturated heterocycles. The zero-order valence-electron chi connectivity index (χ0n) is 10.9. The van der Waals surface area contributed by atoms with Gasteiger partial charge in [0, 0.05) is 24.8 Å². The van der Waals surface area contributed by atoms with Crippen molar-refractivity contribution in [2.45, 2.75) is 6.92 Å². The molecule has 0 atom stereocenters. The summed E-state index contributed by atoms with van der Waals surface area (Å²) in [4.78, 5) is 19.4. The summed E-state index contributed by atoms with van der Waals surface area (Å²) in [5.41, 5.74) is 1.56. The van der Waals surface area contributed by atoms with Crippen molar-refractivity contribution in [2.24, 2.45) is 0 Å². The number of hydrogen-bond donors (Lipinski definition) is 1. The number of halogens is 2. The number of carbonyl (C=O) groups excluding carboxylic acids is 1. The highest BCUT2D eigenvalue weighted by Crippen LogP contribution is 2.28. The summed E-state index contributed by atoms with van der Waals surface area (Å²) in [5, 5.41) is 2.41. The van der Waals surface area contributed by atoms with Gasteiger partial charge in [-0.3, -0.25) is 4.79 Å². The molecule has 0 fully saturated rings. The fraction of sp³-hybridized carbons (Fsp3) is 0.0714. The molecule has 0 aliphatic heterocycles. The van der Waals surface area contributed by atoms with Crippen LogP contribution in [-0.2, 0) is 4.79 Å². The van der Waals surface area contributed by atoms with E-state index in [4.69, 9.17) is 4.42 Å². The van der Waals surface area contributed by atoms with Crippen LogP contribution in [0.2, 0.25) is 0 Å². The minimum Gasteiger partial charge on any atom is -0.436 e. The molecular weight excluding hydrogens is 341 g/mol. The van der Waals surface area contributed by atoms with Gasteiger partial charge in [0.05, 0.1) is 5.69 Å². The summed E-state index contributed by atoms with van der Waals surface area (Å²) in [7, 11) is 0. The smallest absolute Gasteiger partial charge is 0.227 e. The van der Waals surface area contributed by atoms with Crippen LogP contribution in [0.15, 0.2) is 39.5 Å². The van der Waals surface area contributed by atoms with Crippen LogP contribution in [0.1, 0.15) is 6.92 Å². The number of nitrogens with zero attached hydrogens (tertiary/aromatic N) is 2. The Morgan fingerprint density at radius 2 is 2.19 bits per heavy atom. The Balaban J connectivity index is 2.10. The first kappa shape index (κ1) is 13.7. The molecule has 3 rings (SSSR count). The van der Waals surface area contributed by atoms with E-state index in [-0.39, 0.29) is 11.6 Å². The lowest BCUT2D eigenvalue weighted by molar-refractivity contribution is -0.114. The normalized spacial score (nSPS) is 10.8. The number of hydrogen-bond acceptors (Lipinski definition) is 4. The predicted octanol–water partition coefficient (Wildman–Crippen LogP) is 3.75. The molecule has 0 saturated carbocycles. The number of rotatable bonds is 2. The van der Waals surface area contributed by atoms with E-state index in [1.54, 1.807) is 18.3 Å². The molecule has 0 aliphatic rings. The molecule has 0 radical (unpaired) electrons. The van der Waals surface area contributed by atoms with E-state index in [0.717, 1.165) is 5.56 Å². The SMILES string of the molecule is CC(=O)Nc1cc2nc(-c3ccnc(Br)c3)oc2cc1F. The van der Waals surface area contributed by atoms with E-state index in [1.165, 1.54) is 19.1 Å². The molecule has 5 nitrogen and oxygen atoms in total. The van der Waals surface area contributed by atoms with Crippen LogP contribution >= 0.6 is 15.9 Å². The van der Waals surface area contributed by atoms with Gasteiger partial charge in [-0.15, -0.1) is 0 Å². The van der Waals surface area contributed by atoms with Gasteiger partial charge in [0.2, 0.25) is 11.8 Å². The molecule has 106 valence electrons. The van der Waals surface area contributed by atoms with Crippen molar-refractivity contribution >= 4 is 38.6 Å². The highest BCUT2D eigenvalue weighted by molar-refractivity contribution is 9.10. The first-order valence-corrected chi connectivity index (χ1v) is 6.82. The monoisotopic (exact) mass is 349 g/mol. The van der Waals surface area contributed by atoms with Crippen molar-refractivity contribution < 1.29 is 13.6 Å². The second-order valence-corrected chi connectivity index (χ2v) is 5.18. The zero-order chi connectivity index (χ0) is 15.0. The van der Waals surface area contributed by atoms with Crippen LogP contribution in [0.5, 0.6) is 0 Å². The lowest BCUT2D eigenvalue weighted by atomic mass is 10.2. The Morgan fingerprint density at radius 3 is 2.90 bits per heavy atom. The van der Waals surface area contributed by atoms with Crippen LogP contribution < -0.4 is 5.32 Å². The van der Waals surface area contributed by atoms with E-state index in [2.05, 4.69) is 31.2 Å². The fourth-order valence-electron chi connectivity index (χ4n) is 1.89. The lowest BCUT2D eigenvalue weighted by Crippen LogP contribution is -2.07. The van der Waals surface area contributed by atoms with Gasteiger partial charge >= 0.3 is 0 Å².